The Kier molecular flexibility index (Phi) is 3.61. The highest BCUT2D eigenvalue weighted by atomic mass is 16.3. The average Bonchev–Trinajstić information content (AvgIpc) is 3.19. The molecule has 0 bridgehead atoms. The number of furan rings is 1. The highest BCUT2D eigenvalue weighted by molar-refractivity contribution is 5.82. The summed E-state index contributed by atoms with van der Waals surface area (Å²) in [5.74, 6) is -0.0695. The van der Waals surface area contributed by atoms with Gasteiger partial charge in [0.25, 0.3) is 5.56 Å². The van der Waals surface area contributed by atoms with Gasteiger partial charge >= 0.3 is 0 Å². The minimum absolute atomic E-state index is 0.0337. The van der Waals surface area contributed by atoms with Crippen LogP contribution in [0.4, 0.5) is 0 Å². The highest BCUT2D eigenvalue weighted by Crippen LogP contribution is 2.18. The summed E-state index contributed by atoms with van der Waals surface area (Å²) in [6.07, 6.45) is 3.12. The van der Waals surface area contributed by atoms with E-state index in [9.17, 15) is 9.59 Å². The highest BCUT2D eigenvalue weighted by Gasteiger charge is 2.21. The molecule has 1 fully saturated rings. The van der Waals surface area contributed by atoms with Crippen LogP contribution in [0, 0.1) is 0 Å². The minimum atomic E-state index is -0.288. The second-order valence-corrected chi connectivity index (χ2v) is 5.98. The van der Waals surface area contributed by atoms with Gasteiger partial charge in [-0.25, -0.2) is 4.68 Å². The number of aromatic nitrogens is 3. The van der Waals surface area contributed by atoms with Crippen molar-refractivity contribution in [3.63, 3.8) is 0 Å². The zero-order chi connectivity index (χ0) is 16.7. The third-order valence-corrected chi connectivity index (χ3v) is 4.68. The van der Waals surface area contributed by atoms with Gasteiger partial charge < -0.3 is 14.2 Å². The Labute approximate surface area is 137 Å². The molecule has 4 rings (SSSR count). The third-order valence-electron chi connectivity index (χ3n) is 4.68. The molecule has 1 aliphatic rings. The van der Waals surface area contributed by atoms with E-state index in [0.29, 0.717) is 24.2 Å². The Balaban J connectivity index is 1.57. The van der Waals surface area contributed by atoms with Crippen LogP contribution in [-0.4, -0.2) is 62.6 Å². The first-order valence-corrected chi connectivity index (χ1v) is 8.12. The third kappa shape index (κ3) is 2.39. The molecule has 0 aliphatic carbocycles. The van der Waals surface area contributed by atoms with Gasteiger partial charge in [-0.15, -0.1) is 0 Å². The molecule has 8 nitrogen and oxygen atoms in total. The number of fused-ring (bicyclic) bond motifs is 3. The molecule has 0 saturated carbocycles. The van der Waals surface area contributed by atoms with E-state index >= 15 is 0 Å². The monoisotopic (exact) mass is 329 g/mol. The number of likely N-dealkylation sites (N-methyl/N-ethyl adjacent to an activating group) is 1. The molecule has 4 heterocycles. The molecule has 0 aromatic carbocycles. The lowest BCUT2D eigenvalue weighted by molar-refractivity contribution is -0.133. The van der Waals surface area contributed by atoms with Crippen LogP contribution in [0.2, 0.25) is 0 Å². The fourth-order valence-corrected chi connectivity index (χ4v) is 3.19. The number of rotatable bonds is 3. The molecule has 1 aliphatic heterocycles. The van der Waals surface area contributed by atoms with Gasteiger partial charge in [0.15, 0.2) is 5.58 Å². The number of amides is 1. The van der Waals surface area contributed by atoms with Crippen molar-refractivity contribution in [2.75, 3.05) is 32.7 Å². The number of carbonyl (C=O) groups is 1. The molecule has 3 aromatic rings. The zero-order valence-corrected chi connectivity index (χ0v) is 13.5. The van der Waals surface area contributed by atoms with Gasteiger partial charge in [-0.1, -0.05) is 6.92 Å². The number of carbonyl (C=O) groups excluding carboxylic acids is 1. The summed E-state index contributed by atoms with van der Waals surface area (Å²) in [6, 6.07) is 3.46. The van der Waals surface area contributed by atoms with Crippen LogP contribution in [0.5, 0.6) is 0 Å². The molecular weight excluding hydrogens is 310 g/mol. The fraction of sp³-hybridized carbons (Fsp3) is 0.438. The van der Waals surface area contributed by atoms with Crippen LogP contribution in [-0.2, 0) is 11.3 Å². The van der Waals surface area contributed by atoms with E-state index in [0.717, 1.165) is 25.2 Å². The summed E-state index contributed by atoms with van der Waals surface area (Å²) in [4.78, 5) is 29.1. The summed E-state index contributed by atoms with van der Waals surface area (Å²) in [5, 5.41) is 4.14. The Bertz CT molecular complexity index is 946. The van der Waals surface area contributed by atoms with Crippen molar-refractivity contribution in [3.8, 4) is 0 Å². The van der Waals surface area contributed by atoms with Gasteiger partial charge in [-0.3, -0.25) is 14.0 Å². The largest absolute Gasteiger partial charge is 0.463 e. The molecule has 3 aromatic heterocycles. The van der Waals surface area contributed by atoms with Crippen molar-refractivity contribution in [2.24, 2.45) is 0 Å². The van der Waals surface area contributed by atoms with E-state index < -0.39 is 0 Å². The van der Waals surface area contributed by atoms with Crippen molar-refractivity contribution in [2.45, 2.75) is 13.5 Å². The van der Waals surface area contributed by atoms with Gasteiger partial charge in [0.2, 0.25) is 5.91 Å². The molecule has 8 heteroatoms. The first kappa shape index (κ1) is 14.9. The smallest absolute Gasteiger partial charge is 0.291 e. The second kappa shape index (κ2) is 5.79. The molecule has 0 radical (unpaired) electrons. The average molecular weight is 329 g/mol. The summed E-state index contributed by atoms with van der Waals surface area (Å²) in [6.45, 7) is 6.22. The van der Waals surface area contributed by atoms with Gasteiger partial charge in [-0.05, 0) is 6.54 Å². The fourth-order valence-electron chi connectivity index (χ4n) is 3.19. The molecule has 1 amide bonds. The number of hydrogen-bond donors (Lipinski definition) is 0. The summed E-state index contributed by atoms with van der Waals surface area (Å²) < 4.78 is 8.23. The standard InChI is InChI=1S/C16H19N5O3/c1-2-18-4-6-19(7-5-18)15(22)10-21-16(23)13-9-14-12(3-8-24-14)20(13)11-17-21/h3,8-9,11H,2,4-7,10H2,1H3. The van der Waals surface area contributed by atoms with E-state index in [4.69, 9.17) is 4.42 Å². The van der Waals surface area contributed by atoms with E-state index in [1.165, 1.54) is 4.68 Å². The second-order valence-electron chi connectivity index (χ2n) is 5.98. The summed E-state index contributed by atoms with van der Waals surface area (Å²) in [5.41, 5.74) is 1.60. The Morgan fingerprint density at radius 2 is 2.04 bits per heavy atom. The first-order chi connectivity index (χ1) is 11.7. The minimum Gasteiger partial charge on any atom is -0.463 e. The molecule has 0 spiro atoms. The van der Waals surface area contributed by atoms with Crippen LogP contribution in [0.1, 0.15) is 6.92 Å². The van der Waals surface area contributed by atoms with E-state index in [1.807, 2.05) is 0 Å². The van der Waals surface area contributed by atoms with Crippen molar-refractivity contribution < 1.29 is 9.21 Å². The molecule has 126 valence electrons. The maximum Gasteiger partial charge on any atom is 0.291 e. The van der Waals surface area contributed by atoms with Crippen LogP contribution in [0.3, 0.4) is 0 Å². The lowest BCUT2D eigenvalue weighted by atomic mass is 10.3. The first-order valence-electron chi connectivity index (χ1n) is 8.12. The normalized spacial score (nSPS) is 16.3. The summed E-state index contributed by atoms with van der Waals surface area (Å²) >= 11 is 0. The van der Waals surface area contributed by atoms with Gasteiger partial charge in [0.1, 0.15) is 18.4 Å². The predicted molar refractivity (Wildman–Crippen MR) is 87.9 cm³/mol. The molecule has 0 unspecified atom stereocenters. The number of nitrogens with zero attached hydrogens (tertiary/aromatic N) is 5. The van der Waals surface area contributed by atoms with Crippen molar-refractivity contribution in [1.29, 1.82) is 0 Å². The Morgan fingerprint density at radius 1 is 1.25 bits per heavy atom. The SMILES string of the molecule is CCN1CCN(C(=O)Cn2ncn3c(cc4occc43)c2=O)CC1. The molecular formula is C16H19N5O3. The van der Waals surface area contributed by atoms with Crippen molar-refractivity contribution in [3.05, 3.63) is 35.1 Å². The van der Waals surface area contributed by atoms with E-state index in [1.54, 1.807) is 34.0 Å². The van der Waals surface area contributed by atoms with Crippen LogP contribution in [0.15, 0.2) is 33.9 Å². The Morgan fingerprint density at radius 3 is 2.79 bits per heavy atom. The van der Waals surface area contributed by atoms with E-state index in [-0.39, 0.29) is 18.0 Å². The van der Waals surface area contributed by atoms with E-state index in [2.05, 4.69) is 16.9 Å². The molecule has 1 saturated heterocycles. The molecule has 0 N–H and O–H groups in total. The van der Waals surface area contributed by atoms with Crippen molar-refractivity contribution in [1.82, 2.24) is 24.0 Å². The zero-order valence-electron chi connectivity index (χ0n) is 13.5. The van der Waals surface area contributed by atoms with Crippen molar-refractivity contribution >= 4 is 22.5 Å². The quantitative estimate of drug-likeness (QED) is 0.695. The van der Waals surface area contributed by atoms with Gasteiger partial charge in [0.05, 0.1) is 11.8 Å². The molecule has 0 atom stereocenters. The molecule has 24 heavy (non-hydrogen) atoms. The van der Waals surface area contributed by atoms with Crippen LogP contribution < -0.4 is 5.56 Å². The van der Waals surface area contributed by atoms with Gasteiger partial charge in [-0.2, -0.15) is 5.10 Å². The maximum atomic E-state index is 12.6. The van der Waals surface area contributed by atoms with Crippen LogP contribution in [0.25, 0.3) is 16.6 Å². The lowest BCUT2D eigenvalue weighted by Crippen LogP contribution is -2.50. The number of hydrogen-bond acceptors (Lipinski definition) is 5. The predicted octanol–water partition coefficient (Wildman–Crippen LogP) is 0.406. The Hall–Kier alpha value is -2.61. The topological polar surface area (TPSA) is 76.0 Å². The maximum absolute atomic E-state index is 12.6. The number of piperazine rings is 1. The van der Waals surface area contributed by atoms with Gasteiger partial charge in [0, 0.05) is 38.3 Å². The van der Waals surface area contributed by atoms with Crippen LogP contribution >= 0.6 is 0 Å². The summed E-state index contributed by atoms with van der Waals surface area (Å²) in [7, 11) is 0. The lowest BCUT2D eigenvalue weighted by Gasteiger charge is -2.34.